The van der Waals surface area contributed by atoms with E-state index in [4.69, 9.17) is 17.3 Å². The lowest BCUT2D eigenvalue weighted by Crippen LogP contribution is -2.10. The minimum Gasteiger partial charge on any atom is -0.324 e. The molecule has 0 fully saturated rings. The minimum atomic E-state index is 0.107. The highest BCUT2D eigenvalue weighted by atomic mass is 79.9. The van der Waals surface area contributed by atoms with Crippen LogP contribution in [0.1, 0.15) is 30.0 Å². The van der Waals surface area contributed by atoms with Crippen LogP contribution >= 0.6 is 27.5 Å². The molecule has 0 aliphatic heterocycles. The Morgan fingerprint density at radius 2 is 1.84 bits per heavy atom. The maximum atomic E-state index is 6.20. The normalized spacial score (nSPS) is 12.4. The molecule has 0 aliphatic rings. The molecule has 0 bridgehead atoms. The first-order chi connectivity index (χ1) is 9.16. The number of hydrogen-bond acceptors (Lipinski definition) is 1. The average Bonchev–Trinajstić information content (AvgIpc) is 2.42. The smallest absolute Gasteiger partial charge is 0.0449 e. The van der Waals surface area contributed by atoms with Crippen molar-refractivity contribution in [3.63, 3.8) is 0 Å². The molecule has 1 unspecified atom stereocenters. The predicted molar refractivity (Wildman–Crippen MR) is 85.5 cm³/mol. The molecule has 1 atom stereocenters. The third kappa shape index (κ3) is 4.34. The Morgan fingerprint density at radius 1 is 1.11 bits per heavy atom. The second-order valence-corrected chi connectivity index (χ2v) is 5.97. The summed E-state index contributed by atoms with van der Waals surface area (Å²) in [6.07, 6.45) is 2.97. The van der Waals surface area contributed by atoms with Crippen molar-refractivity contribution in [1.29, 1.82) is 0 Å². The molecule has 0 amide bonds. The summed E-state index contributed by atoms with van der Waals surface area (Å²) in [5.41, 5.74) is 8.56. The van der Waals surface area contributed by atoms with Crippen molar-refractivity contribution in [1.82, 2.24) is 0 Å². The van der Waals surface area contributed by atoms with E-state index in [2.05, 4.69) is 34.1 Å². The van der Waals surface area contributed by atoms with E-state index in [9.17, 15) is 0 Å². The third-order valence-corrected chi connectivity index (χ3v) is 4.05. The van der Waals surface area contributed by atoms with Gasteiger partial charge >= 0.3 is 0 Å². The summed E-state index contributed by atoms with van der Waals surface area (Å²) >= 11 is 9.61. The number of aryl methyl sites for hydroxylation is 1. The minimum absolute atomic E-state index is 0.107. The van der Waals surface area contributed by atoms with Crippen LogP contribution in [0.15, 0.2) is 53.0 Å². The topological polar surface area (TPSA) is 26.0 Å². The number of hydrogen-bond donors (Lipinski definition) is 1. The Bertz CT molecular complexity index is 528. The highest BCUT2D eigenvalue weighted by Crippen LogP contribution is 2.24. The van der Waals surface area contributed by atoms with Gasteiger partial charge < -0.3 is 5.73 Å². The molecule has 1 nitrogen and oxygen atoms in total. The Hall–Kier alpha value is -0.830. The Morgan fingerprint density at radius 3 is 2.53 bits per heavy atom. The molecule has 2 rings (SSSR count). The van der Waals surface area contributed by atoms with Crippen LogP contribution in [0.5, 0.6) is 0 Å². The van der Waals surface area contributed by atoms with Crippen molar-refractivity contribution in [2.24, 2.45) is 5.73 Å². The van der Waals surface area contributed by atoms with E-state index in [0.29, 0.717) is 0 Å². The molecule has 0 saturated heterocycles. The van der Waals surface area contributed by atoms with Crippen molar-refractivity contribution in [2.75, 3.05) is 0 Å². The first kappa shape index (κ1) is 14.6. The molecular formula is C16H17BrClN. The van der Waals surface area contributed by atoms with Gasteiger partial charge in [0.05, 0.1) is 0 Å². The van der Waals surface area contributed by atoms with Crippen molar-refractivity contribution < 1.29 is 0 Å². The molecule has 100 valence electrons. The lowest BCUT2D eigenvalue weighted by molar-refractivity contribution is 0.611. The van der Waals surface area contributed by atoms with Gasteiger partial charge in [-0.25, -0.2) is 0 Å². The van der Waals surface area contributed by atoms with Crippen LogP contribution in [0.4, 0.5) is 0 Å². The van der Waals surface area contributed by atoms with Gasteiger partial charge in [-0.15, -0.1) is 0 Å². The fraction of sp³-hybridized carbons (Fsp3) is 0.250. The summed E-state index contributed by atoms with van der Waals surface area (Å²) in [5, 5.41) is 0.822. The van der Waals surface area contributed by atoms with Gasteiger partial charge in [0.2, 0.25) is 0 Å². The van der Waals surface area contributed by atoms with Crippen molar-refractivity contribution >= 4 is 27.5 Å². The Labute approximate surface area is 127 Å². The van der Waals surface area contributed by atoms with Crippen molar-refractivity contribution in [3.8, 4) is 0 Å². The fourth-order valence-corrected chi connectivity index (χ4v) is 2.87. The first-order valence-corrected chi connectivity index (χ1v) is 7.58. The molecule has 2 N–H and O–H groups in total. The number of halogens is 2. The van der Waals surface area contributed by atoms with Crippen LogP contribution in [0.3, 0.4) is 0 Å². The van der Waals surface area contributed by atoms with Gasteiger partial charge in [0.25, 0.3) is 0 Å². The van der Waals surface area contributed by atoms with Gasteiger partial charge in [0, 0.05) is 15.5 Å². The van der Waals surface area contributed by atoms with Crippen molar-refractivity contribution in [2.45, 2.75) is 25.3 Å². The van der Waals surface area contributed by atoms with E-state index >= 15 is 0 Å². The molecule has 0 heterocycles. The summed E-state index contributed by atoms with van der Waals surface area (Å²) < 4.78 is 1.02. The van der Waals surface area contributed by atoms with Gasteiger partial charge in [0.1, 0.15) is 0 Å². The summed E-state index contributed by atoms with van der Waals surface area (Å²) in [7, 11) is 0. The van der Waals surface area contributed by atoms with E-state index in [1.165, 1.54) is 11.1 Å². The Kier molecular flexibility index (Phi) is 5.44. The monoisotopic (exact) mass is 337 g/mol. The molecule has 0 spiro atoms. The molecule has 0 aromatic heterocycles. The van der Waals surface area contributed by atoms with Crippen LogP contribution in [0.25, 0.3) is 0 Å². The largest absolute Gasteiger partial charge is 0.324 e. The zero-order chi connectivity index (χ0) is 13.7. The van der Waals surface area contributed by atoms with E-state index in [1.807, 2.05) is 30.3 Å². The molecule has 0 saturated carbocycles. The van der Waals surface area contributed by atoms with Gasteiger partial charge in [-0.05, 0) is 42.5 Å². The third-order valence-electron chi connectivity index (χ3n) is 3.20. The molecule has 0 radical (unpaired) electrons. The zero-order valence-corrected chi connectivity index (χ0v) is 13.0. The fourth-order valence-electron chi connectivity index (χ4n) is 2.10. The quantitative estimate of drug-likeness (QED) is 0.804. The SMILES string of the molecule is NC(CCCc1ccc(Br)cc1Cl)c1ccccc1. The second-order valence-electron chi connectivity index (χ2n) is 4.65. The number of benzene rings is 2. The van der Waals surface area contributed by atoms with E-state index in [-0.39, 0.29) is 6.04 Å². The van der Waals surface area contributed by atoms with Gasteiger partial charge in [-0.3, -0.25) is 0 Å². The van der Waals surface area contributed by atoms with Crippen LogP contribution in [0, 0.1) is 0 Å². The highest BCUT2D eigenvalue weighted by molar-refractivity contribution is 9.10. The lowest BCUT2D eigenvalue weighted by atomic mass is 10.00. The summed E-state index contributed by atoms with van der Waals surface area (Å²) in [6.45, 7) is 0. The molecule has 2 aromatic rings. The summed E-state index contributed by atoms with van der Waals surface area (Å²) in [6, 6.07) is 16.4. The highest BCUT2D eigenvalue weighted by Gasteiger charge is 2.06. The van der Waals surface area contributed by atoms with Crippen LogP contribution < -0.4 is 5.73 Å². The molecule has 19 heavy (non-hydrogen) atoms. The average molecular weight is 339 g/mol. The maximum absolute atomic E-state index is 6.20. The molecule has 2 aromatic carbocycles. The van der Waals surface area contributed by atoms with Gasteiger partial charge in [-0.2, -0.15) is 0 Å². The van der Waals surface area contributed by atoms with Crippen LogP contribution in [-0.4, -0.2) is 0 Å². The molecular weight excluding hydrogens is 322 g/mol. The van der Waals surface area contributed by atoms with E-state index in [1.54, 1.807) is 0 Å². The Balaban J connectivity index is 1.86. The van der Waals surface area contributed by atoms with Gasteiger partial charge in [0.15, 0.2) is 0 Å². The molecule has 0 aliphatic carbocycles. The summed E-state index contributed by atoms with van der Waals surface area (Å²) in [5.74, 6) is 0. The maximum Gasteiger partial charge on any atom is 0.0449 e. The predicted octanol–water partition coefficient (Wildman–Crippen LogP) is 5.13. The molecule has 3 heteroatoms. The second kappa shape index (κ2) is 7.09. The number of nitrogens with two attached hydrogens (primary N) is 1. The number of rotatable bonds is 5. The lowest BCUT2D eigenvalue weighted by Gasteiger charge is -2.12. The van der Waals surface area contributed by atoms with Crippen LogP contribution in [-0.2, 0) is 6.42 Å². The van der Waals surface area contributed by atoms with E-state index in [0.717, 1.165) is 28.8 Å². The first-order valence-electron chi connectivity index (χ1n) is 6.41. The van der Waals surface area contributed by atoms with E-state index < -0.39 is 0 Å². The van der Waals surface area contributed by atoms with Gasteiger partial charge in [-0.1, -0.05) is 63.9 Å². The van der Waals surface area contributed by atoms with Crippen LogP contribution in [0.2, 0.25) is 5.02 Å². The summed E-state index contributed by atoms with van der Waals surface area (Å²) in [4.78, 5) is 0. The van der Waals surface area contributed by atoms with Crippen molar-refractivity contribution in [3.05, 3.63) is 69.2 Å². The standard InChI is InChI=1S/C16H17BrClN/c17-14-10-9-12(15(18)11-14)7-4-8-16(19)13-5-2-1-3-6-13/h1-3,5-6,9-11,16H,4,7-8,19H2. The zero-order valence-electron chi connectivity index (χ0n) is 10.7.